The maximum Gasteiger partial charge on any atom is 0.407 e. The second-order valence-electron chi connectivity index (χ2n) is 9.90. The molecule has 3 aromatic rings. The minimum atomic E-state index is -1.15. The van der Waals surface area contributed by atoms with E-state index in [0.29, 0.717) is 0 Å². The Morgan fingerprint density at radius 2 is 1.44 bits per heavy atom. The van der Waals surface area contributed by atoms with Crippen LogP contribution in [-0.4, -0.2) is 59.3 Å². The van der Waals surface area contributed by atoms with Crippen molar-refractivity contribution < 1.29 is 29.0 Å². The molecule has 39 heavy (non-hydrogen) atoms. The van der Waals surface area contributed by atoms with Gasteiger partial charge in [-0.15, -0.1) is 0 Å². The van der Waals surface area contributed by atoms with Crippen LogP contribution in [0.15, 0.2) is 78.9 Å². The molecule has 0 heterocycles. The molecule has 0 fully saturated rings. The van der Waals surface area contributed by atoms with Crippen molar-refractivity contribution in [2.24, 2.45) is 0 Å². The van der Waals surface area contributed by atoms with E-state index in [9.17, 15) is 19.5 Å². The summed E-state index contributed by atoms with van der Waals surface area (Å²) in [4.78, 5) is 39.2. The van der Waals surface area contributed by atoms with Crippen molar-refractivity contribution in [2.75, 3.05) is 13.2 Å². The molecule has 1 aliphatic rings. The SMILES string of the molecule is CC(C)N(CC(=O)O)C(=O)[C@H](NC(=O)OCC1c2ccccc2-c2ccccc21)[C@H](C)OCc1ccccc1. The number of hydrogen-bond donors (Lipinski definition) is 2. The van der Waals surface area contributed by atoms with E-state index in [2.05, 4.69) is 17.4 Å². The summed E-state index contributed by atoms with van der Waals surface area (Å²) in [5.74, 6) is -1.83. The average molecular weight is 531 g/mol. The van der Waals surface area contributed by atoms with Gasteiger partial charge in [-0.1, -0.05) is 78.9 Å². The van der Waals surface area contributed by atoms with Crippen LogP contribution in [0.25, 0.3) is 11.1 Å². The topological polar surface area (TPSA) is 105 Å². The van der Waals surface area contributed by atoms with E-state index >= 15 is 0 Å². The van der Waals surface area contributed by atoms with Crippen LogP contribution in [-0.2, 0) is 25.7 Å². The third-order valence-corrected chi connectivity index (χ3v) is 6.92. The normalized spacial score (nSPS) is 13.7. The molecular formula is C31H34N2O6. The number of nitrogens with one attached hydrogen (secondary N) is 1. The zero-order valence-corrected chi connectivity index (χ0v) is 22.4. The minimum Gasteiger partial charge on any atom is -0.480 e. The molecule has 3 aromatic carbocycles. The first-order chi connectivity index (χ1) is 18.8. The van der Waals surface area contributed by atoms with Gasteiger partial charge in [-0.2, -0.15) is 0 Å². The second-order valence-corrected chi connectivity index (χ2v) is 9.90. The van der Waals surface area contributed by atoms with Crippen molar-refractivity contribution >= 4 is 18.0 Å². The Morgan fingerprint density at radius 1 is 0.872 bits per heavy atom. The zero-order chi connectivity index (χ0) is 27.9. The third-order valence-electron chi connectivity index (χ3n) is 6.92. The highest BCUT2D eigenvalue weighted by Gasteiger charge is 2.35. The monoisotopic (exact) mass is 530 g/mol. The highest BCUT2D eigenvalue weighted by molar-refractivity contribution is 5.89. The van der Waals surface area contributed by atoms with Gasteiger partial charge in [-0.25, -0.2) is 4.79 Å². The summed E-state index contributed by atoms with van der Waals surface area (Å²) < 4.78 is 11.6. The van der Waals surface area contributed by atoms with Crippen molar-refractivity contribution in [3.8, 4) is 11.1 Å². The summed E-state index contributed by atoms with van der Waals surface area (Å²) in [5.41, 5.74) is 5.28. The first kappa shape index (κ1) is 27.9. The summed E-state index contributed by atoms with van der Waals surface area (Å²) in [6, 6.07) is 23.9. The van der Waals surface area contributed by atoms with Crippen molar-refractivity contribution in [3.05, 3.63) is 95.6 Å². The van der Waals surface area contributed by atoms with Gasteiger partial charge in [0.15, 0.2) is 0 Å². The molecule has 0 saturated heterocycles. The number of amides is 2. The molecule has 2 amide bonds. The molecular weight excluding hydrogens is 496 g/mol. The number of carboxylic acids is 1. The van der Waals surface area contributed by atoms with Gasteiger partial charge in [0.1, 0.15) is 19.2 Å². The lowest BCUT2D eigenvalue weighted by atomic mass is 9.98. The van der Waals surface area contributed by atoms with E-state index in [4.69, 9.17) is 9.47 Å². The number of benzene rings is 3. The summed E-state index contributed by atoms with van der Waals surface area (Å²) in [6.45, 7) is 4.93. The lowest BCUT2D eigenvalue weighted by Crippen LogP contribution is -2.56. The molecule has 0 saturated carbocycles. The number of carbonyl (C=O) groups excluding carboxylic acids is 2. The number of nitrogens with zero attached hydrogens (tertiary/aromatic N) is 1. The van der Waals surface area contributed by atoms with Gasteiger partial charge in [0, 0.05) is 12.0 Å². The van der Waals surface area contributed by atoms with Gasteiger partial charge in [0.05, 0.1) is 12.7 Å². The van der Waals surface area contributed by atoms with Crippen molar-refractivity contribution in [1.82, 2.24) is 10.2 Å². The number of fused-ring (bicyclic) bond motifs is 3. The van der Waals surface area contributed by atoms with E-state index in [1.165, 1.54) is 4.90 Å². The molecule has 4 rings (SSSR count). The number of carbonyl (C=O) groups is 3. The van der Waals surface area contributed by atoms with Gasteiger partial charge in [-0.3, -0.25) is 9.59 Å². The number of carboxylic acid groups (broad SMARTS) is 1. The number of aliphatic carboxylic acids is 1. The van der Waals surface area contributed by atoms with E-state index in [0.717, 1.165) is 27.8 Å². The molecule has 0 bridgehead atoms. The van der Waals surface area contributed by atoms with Gasteiger partial charge < -0.3 is 24.8 Å². The van der Waals surface area contributed by atoms with Crippen LogP contribution in [0.1, 0.15) is 43.4 Å². The molecule has 2 N–H and O–H groups in total. The number of alkyl carbamates (subject to hydrolysis) is 1. The number of hydrogen-bond acceptors (Lipinski definition) is 5. The van der Waals surface area contributed by atoms with Crippen LogP contribution >= 0.6 is 0 Å². The standard InChI is InChI=1S/C31H34N2O6/c1-20(2)33(17-28(34)35)30(36)29(21(3)38-18-22-11-5-4-6-12-22)32-31(37)39-19-27-25-15-9-7-13-23(25)24-14-8-10-16-26(24)27/h4-16,20-21,27,29H,17-19H2,1-3H3,(H,32,37)(H,34,35)/t21-,29+/m0/s1. The summed E-state index contributed by atoms with van der Waals surface area (Å²) in [5, 5.41) is 12.0. The molecule has 1 aliphatic carbocycles. The zero-order valence-electron chi connectivity index (χ0n) is 22.4. The molecule has 0 aromatic heterocycles. The summed E-state index contributed by atoms with van der Waals surface area (Å²) in [7, 11) is 0. The second kappa shape index (κ2) is 12.6. The maximum atomic E-state index is 13.5. The molecule has 0 aliphatic heterocycles. The van der Waals surface area contributed by atoms with Crippen molar-refractivity contribution in [2.45, 2.75) is 51.5 Å². The van der Waals surface area contributed by atoms with E-state index in [1.807, 2.05) is 66.7 Å². The fourth-order valence-electron chi connectivity index (χ4n) is 4.88. The van der Waals surface area contributed by atoms with Crippen LogP contribution in [0.2, 0.25) is 0 Å². The van der Waals surface area contributed by atoms with Gasteiger partial charge in [0.25, 0.3) is 0 Å². The Morgan fingerprint density at radius 3 is 2.00 bits per heavy atom. The Labute approximate surface area is 228 Å². The third kappa shape index (κ3) is 6.64. The molecule has 204 valence electrons. The summed E-state index contributed by atoms with van der Waals surface area (Å²) in [6.07, 6.45) is -1.53. The van der Waals surface area contributed by atoms with Crippen LogP contribution in [0.5, 0.6) is 0 Å². The highest BCUT2D eigenvalue weighted by atomic mass is 16.5. The van der Waals surface area contributed by atoms with Crippen LogP contribution in [0.4, 0.5) is 4.79 Å². The van der Waals surface area contributed by atoms with Crippen molar-refractivity contribution in [3.63, 3.8) is 0 Å². The Balaban J connectivity index is 1.49. The van der Waals surface area contributed by atoms with E-state index < -0.39 is 42.7 Å². The fourth-order valence-corrected chi connectivity index (χ4v) is 4.88. The smallest absolute Gasteiger partial charge is 0.407 e. The quantitative estimate of drug-likeness (QED) is 0.368. The predicted molar refractivity (Wildman–Crippen MR) is 147 cm³/mol. The lowest BCUT2D eigenvalue weighted by Gasteiger charge is -2.32. The molecule has 0 radical (unpaired) electrons. The Hall–Kier alpha value is -4.17. The summed E-state index contributed by atoms with van der Waals surface area (Å²) >= 11 is 0. The number of ether oxygens (including phenoxy) is 2. The van der Waals surface area contributed by atoms with Crippen molar-refractivity contribution in [1.29, 1.82) is 0 Å². The Bertz CT molecular complexity index is 1260. The minimum absolute atomic E-state index is 0.0864. The molecule has 8 heteroatoms. The van der Waals surface area contributed by atoms with E-state index in [1.54, 1.807) is 20.8 Å². The first-order valence-electron chi connectivity index (χ1n) is 13.1. The lowest BCUT2D eigenvalue weighted by molar-refractivity contribution is -0.148. The van der Waals surface area contributed by atoms with Crippen LogP contribution < -0.4 is 5.32 Å². The maximum absolute atomic E-state index is 13.5. The van der Waals surface area contributed by atoms with Crippen LogP contribution in [0.3, 0.4) is 0 Å². The van der Waals surface area contributed by atoms with Gasteiger partial charge in [-0.05, 0) is 48.6 Å². The Kier molecular flexibility index (Phi) is 8.99. The molecule has 8 nitrogen and oxygen atoms in total. The van der Waals surface area contributed by atoms with E-state index in [-0.39, 0.29) is 19.1 Å². The van der Waals surface area contributed by atoms with Crippen LogP contribution in [0, 0.1) is 0 Å². The highest BCUT2D eigenvalue weighted by Crippen LogP contribution is 2.44. The predicted octanol–water partition coefficient (Wildman–Crippen LogP) is 4.82. The average Bonchev–Trinajstić information content (AvgIpc) is 3.26. The largest absolute Gasteiger partial charge is 0.480 e. The number of rotatable bonds is 11. The van der Waals surface area contributed by atoms with Gasteiger partial charge in [0.2, 0.25) is 5.91 Å². The first-order valence-corrected chi connectivity index (χ1v) is 13.1. The molecule has 0 unspecified atom stereocenters. The van der Waals surface area contributed by atoms with Gasteiger partial charge >= 0.3 is 12.1 Å². The molecule has 2 atom stereocenters. The molecule has 0 spiro atoms. The fraction of sp³-hybridized carbons (Fsp3) is 0.323.